The first kappa shape index (κ1) is 116. The number of hydrazone groups is 2. The topological polar surface area (TPSA) is 695 Å². The number of nitrogens with zero attached hydrogens (tertiary/aromatic N) is 10. The number of nitro groups is 2. The number of carboxylic acids is 2. The zero-order valence-electron chi connectivity index (χ0n) is 66.3. The molecule has 14 N–H and O–H groups in total. The zero-order chi connectivity index (χ0) is 87.5. The molecule has 622 valence electrons. The molecule has 2 heterocycles. The van der Waals surface area contributed by atoms with Crippen LogP contribution in [0.5, 0.6) is 0 Å². The van der Waals surface area contributed by atoms with Crippen molar-refractivity contribution in [3.8, 4) is 0 Å². The van der Waals surface area contributed by atoms with Crippen LogP contribution in [-0.4, -0.2) is 163 Å². The van der Waals surface area contributed by atoms with Gasteiger partial charge in [-0.1, -0.05) is 60.7 Å². The number of para-hydroxylation sites is 2. The maximum absolute atomic E-state index is 13.4. The summed E-state index contributed by atoms with van der Waals surface area (Å²) in [4.78, 5) is 89.7. The van der Waals surface area contributed by atoms with Gasteiger partial charge in [-0.3, -0.25) is 68.0 Å². The molecular weight excluding hydrogens is 1970 g/mol. The zero-order valence-corrected chi connectivity index (χ0v) is 88.0. The van der Waals surface area contributed by atoms with E-state index in [0.29, 0.717) is 12.1 Å². The fourth-order valence-corrected chi connectivity index (χ4v) is 15.4. The van der Waals surface area contributed by atoms with Gasteiger partial charge in [0.15, 0.2) is 11.4 Å². The van der Waals surface area contributed by atoms with Gasteiger partial charge in [0, 0.05) is 75.5 Å². The van der Waals surface area contributed by atoms with E-state index < -0.39 is 146 Å². The van der Waals surface area contributed by atoms with E-state index >= 15 is 0 Å². The normalized spacial score (nSPS) is 12.9. The number of carbonyl (C=O) groups excluding carboxylic acids is 2. The number of benzene rings is 8. The maximum Gasteiger partial charge on any atom is 1.00 e. The van der Waals surface area contributed by atoms with Gasteiger partial charge in [-0.15, -0.1) is 0 Å². The van der Waals surface area contributed by atoms with Crippen LogP contribution in [0.15, 0.2) is 197 Å². The second-order valence-corrected chi connectivity index (χ2v) is 33.1. The minimum Gasteiger partial charge on any atom is -0.478 e. The average molecular weight is 2010 g/mol. The van der Waals surface area contributed by atoms with E-state index in [1.54, 1.807) is 0 Å². The molecule has 0 bridgehead atoms. The number of carboxylic acid groups (broad SMARTS) is 2. The Morgan fingerprint density at radius 2 is 0.641 bits per heavy atom. The smallest absolute Gasteiger partial charge is 0.478 e. The molecular formula is C68H46Cl2CrN16Na7O28S6+7. The molecule has 0 amide bonds. The van der Waals surface area contributed by atoms with Crippen LogP contribution in [0.4, 0.5) is 69.3 Å². The van der Waals surface area contributed by atoms with Crippen LogP contribution in [0.25, 0.3) is 36.5 Å². The van der Waals surface area contributed by atoms with Gasteiger partial charge in [0.2, 0.25) is 45.9 Å². The number of aromatic carboxylic acids is 2. The second kappa shape index (κ2) is 47.9. The fraction of sp³-hybridized carbons (Fsp3) is 0. The molecule has 0 fully saturated rings. The number of carbonyl (C=O) groups is 4. The SMILES string of the molecule is O=C1/C(=N/Nc2ccccc2C(=O)O)C(S(=O)(=O)O)=Cc2cc(Nc3nc(Cl)nc(Nc4ccc(/C=C/c5ccc([N+](=O)[O-])cc5S(=O)(=O)O)c(S(=O)(=O)O)c4)n3)ccc21.O=C1/C(=N/Nc2ccccc2C(=O)O)C(S(=O)(=O)O)=Cc2cc(Nc3nc(Cl)nc(Nc4ccc(/C=C/c5ccc([N+](=O)[O-])cc5S(=O)(=O)O)c(S(=O)(=O)O)c4)n3)ccc21.[Cr].[Na+].[Na+].[Na+].[Na+].[Na+].[Na+].[Na+]. The number of anilines is 10. The molecule has 12 rings (SSSR count). The van der Waals surface area contributed by atoms with Gasteiger partial charge < -0.3 is 31.5 Å². The third kappa shape index (κ3) is 29.8. The number of aromatic nitrogens is 6. The monoisotopic (exact) mass is 2010 g/mol. The molecule has 0 aliphatic heterocycles. The Bertz CT molecular complexity index is 6670. The number of fused-ring (bicyclic) bond motifs is 2. The summed E-state index contributed by atoms with van der Waals surface area (Å²) in [5, 5.41) is 58.9. The number of non-ortho nitro benzene ring substituents is 2. The van der Waals surface area contributed by atoms with Crippen molar-refractivity contribution in [3.05, 3.63) is 254 Å². The summed E-state index contributed by atoms with van der Waals surface area (Å²) < 4.78 is 206. The van der Waals surface area contributed by atoms with E-state index in [9.17, 15) is 127 Å². The van der Waals surface area contributed by atoms with Crippen molar-refractivity contribution in [1.29, 1.82) is 0 Å². The minimum absolute atomic E-state index is 0. The third-order valence-corrected chi connectivity index (χ3v) is 21.9. The number of halogens is 2. The Hall–Kier alpha value is -6.47. The second-order valence-electron chi connectivity index (χ2n) is 24.1. The van der Waals surface area contributed by atoms with E-state index in [2.05, 4.69) is 72.2 Å². The van der Waals surface area contributed by atoms with Gasteiger partial charge >= 0.3 is 219 Å². The third-order valence-electron chi connectivity index (χ3n) is 16.2. The van der Waals surface area contributed by atoms with Crippen LogP contribution in [0.3, 0.4) is 0 Å². The molecule has 128 heavy (non-hydrogen) atoms. The molecule has 2 aromatic heterocycles. The van der Waals surface area contributed by atoms with Crippen LogP contribution in [-0.2, 0) is 78.1 Å². The molecule has 2 aliphatic rings. The van der Waals surface area contributed by atoms with Crippen LogP contribution in [0.2, 0.25) is 10.6 Å². The summed E-state index contributed by atoms with van der Waals surface area (Å²) in [5.41, 5.74) is 0.615. The van der Waals surface area contributed by atoms with Crippen molar-refractivity contribution in [3.63, 3.8) is 0 Å². The Balaban J connectivity index is 0.000000621. The van der Waals surface area contributed by atoms with Crippen LogP contribution in [0.1, 0.15) is 74.8 Å². The van der Waals surface area contributed by atoms with Gasteiger partial charge in [0.25, 0.3) is 72.1 Å². The summed E-state index contributed by atoms with van der Waals surface area (Å²) in [7, 11) is -30.0. The molecule has 44 nitrogen and oxygen atoms in total. The number of hydrogen-bond donors (Lipinski definition) is 14. The molecule has 0 saturated carbocycles. The van der Waals surface area contributed by atoms with E-state index in [1.807, 2.05) is 0 Å². The van der Waals surface area contributed by atoms with E-state index in [4.69, 9.17) is 23.2 Å². The quantitative estimate of drug-likeness (QED) is 0.00787. The number of rotatable bonds is 26. The van der Waals surface area contributed by atoms with Crippen molar-refractivity contribution in [2.45, 2.75) is 19.6 Å². The van der Waals surface area contributed by atoms with Gasteiger partial charge in [0.05, 0.1) is 32.3 Å². The number of Topliss-reactive ketones (excluding diaryl/α,β-unsaturated/α-hetero) is 2. The Morgan fingerprint density at radius 3 is 0.914 bits per heavy atom. The molecule has 0 radical (unpaired) electrons. The van der Waals surface area contributed by atoms with Crippen molar-refractivity contribution >= 4 is 225 Å². The Morgan fingerprint density at radius 1 is 0.375 bits per heavy atom. The molecule has 10 aromatic rings. The van der Waals surface area contributed by atoms with Crippen LogP contribution >= 0.6 is 23.2 Å². The number of nitrogens with one attached hydrogen (secondary N) is 6. The largest absolute Gasteiger partial charge is 1.00 e. The van der Waals surface area contributed by atoms with Crippen molar-refractivity contribution < 1.29 is 341 Å². The van der Waals surface area contributed by atoms with Gasteiger partial charge in [-0.25, -0.2) is 9.59 Å². The van der Waals surface area contributed by atoms with E-state index in [1.165, 1.54) is 109 Å². The molecule has 60 heteroatoms. The summed E-state index contributed by atoms with van der Waals surface area (Å²) in [6.45, 7) is 0. The summed E-state index contributed by atoms with van der Waals surface area (Å²) in [5.74, 6) is -5.55. The average Bonchev–Trinajstić information content (AvgIpc) is 0.769. The van der Waals surface area contributed by atoms with Crippen LogP contribution < -0.4 is 239 Å². The summed E-state index contributed by atoms with van der Waals surface area (Å²) in [6, 6.07) is 30.9. The van der Waals surface area contributed by atoms with Gasteiger partial charge in [-0.05, 0) is 166 Å². The predicted octanol–water partition coefficient (Wildman–Crippen LogP) is -10.6. The first-order valence-electron chi connectivity index (χ1n) is 32.3. The molecule has 0 atom stereocenters. The van der Waals surface area contributed by atoms with Gasteiger partial charge in [-0.2, -0.15) is 90.6 Å². The first-order valence-corrected chi connectivity index (χ1v) is 41.7. The van der Waals surface area contributed by atoms with Gasteiger partial charge in [0.1, 0.15) is 29.4 Å². The fourth-order valence-electron chi connectivity index (χ4n) is 10.9. The van der Waals surface area contributed by atoms with Crippen molar-refractivity contribution in [2.24, 2.45) is 10.2 Å². The van der Waals surface area contributed by atoms with Crippen LogP contribution in [0, 0.1) is 20.2 Å². The summed E-state index contributed by atoms with van der Waals surface area (Å²) in [6.07, 6.45) is 6.13. The molecule has 0 spiro atoms. The Kier molecular flexibility index (Phi) is 43.3. The molecule has 2 aliphatic carbocycles. The minimum atomic E-state index is -5.07. The number of ketones is 2. The summed E-state index contributed by atoms with van der Waals surface area (Å²) >= 11 is 12.2. The standard InChI is InChI=1S/2C34H23ClN8O14S3.Cr.7Na/c2*35-32-38-33(36-20-10-12-23-19(13-20)14-28(60(55,56)57)29(30(23)44)42-41-25-4-2-1-3-24(25)31(45)46)40-34(39-32)37-21-9-7-17(26(15-21)58(49,50)51)5-6-18-8-11-22(43(47)48)16-27(18)59(52,53)54;;;;;;;;/h2*1-16,41H,(H,45,46)(H,49,50,51)(H,52,53,54)(H,55,56,57)(H2,36,37,38,39,40);;;;;;;;/q;;;7*+1/b2*6-5+,42-29+;;;;;;;;. The van der Waals surface area contributed by atoms with Crippen molar-refractivity contribution in [2.75, 3.05) is 32.1 Å². The van der Waals surface area contributed by atoms with E-state index in [0.717, 1.165) is 72.9 Å². The Labute approximate surface area is 898 Å². The molecule has 0 saturated heterocycles. The first-order chi connectivity index (χ1) is 56.2. The maximum atomic E-state index is 13.4. The molecule has 8 aromatic carbocycles. The number of nitro benzene ring substituents is 2. The predicted molar refractivity (Wildman–Crippen MR) is 429 cm³/mol. The number of allylic oxidation sites excluding steroid dienone is 2. The van der Waals surface area contributed by atoms with E-state index in [-0.39, 0.29) is 348 Å². The molecule has 0 unspecified atom stereocenters. The van der Waals surface area contributed by atoms with Crippen molar-refractivity contribution in [1.82, 2.24) is 29.9 Å². The number of hydrogen-bond acceptors (Lipinski definition) is 34.